The van der Waals surface area contributed by atoms with Crippen molar-refractivity contribution in [2.24, 2.45) is 5.73 Å². The molecule has 0 bridgehead atoms. The molecule has 0 saturated heterocycles. The van der Waals surface area contributed by atoms with E-state index in [1.807, 2.05) is 6.07 Å². The number of hydrogen-bond donors (Lipinski definition) is 1. The molecule has 0 aliphatic carbocycles. The summed E-state index contributed by atoms with van der Waals surface area (Å²) in [4.78, 5) is 30.7. The molecule has 3 aliphatic rings. The normalized spacial score (nSPS) is 20.4. The molecule has 3 aromatic carbocycles. The van der Waals surface area contributed by atoms with Crippen molar-refractivity contribution in [3.05, 3.63) is 117 Å². The molecule has 3 aliphatic heterocycles. The van der Waals surface area contributed by atoms with Gasteiger partial charge < -0.3 is 15.4 Å². The Morgan fingerprint density at radius 2 is 1.84 bits per heavy atom. The van der Waals surface area contributed by atoms with Crippen molar-refractivity contribution in [3.8, 4) is 6.07 Å². The fraction of sp³-hybridized carbons (Fsp3) is 0.107. The number of ether oxygens (including phenoxy) is 1. The first-order valence-electron chi connectivity index (χ1n) is 11.4. The molecule has 2 N–H and O–H groups in total. The van der Waals surface area contributed by atoms with Gasteiger partial charge in [0.1, 0.15) is 29.7 Å². The molecule has 1 unspecified atom stereocenters. The third-order valence-electron chi connectivity index (χ3n) is 6.98. The lowest BCUT2D eigenvalue weighted by Gasteiger charge is -2.38. The lowest BCUT2D eigenvalue weighted by Crippen LogP contribution is -2.50. The molecule has 6 rings (SSSR count). The van der Waals surface area contributed by atoms with E-state index in [0.717, 1.165) is 0 Å². The molecular formula is C28H18ClFN4O3. The van der Waals surface area contributed by atoms with E-state index in [1.54, 1.807) is 48.5 Å². The smallest absolute Gasteiger partial charge is 0.338 e. The highest BCUT2D eigenvalue weighted by Crippen LogP contribution is 2.56. The van der Waals surface area contributed by atoms with Crippen molar-refractivity contribution >= 4 is 34.9 Å². The minimum absolute atomic E-state index is 0.00150. The van der Waals surface area contributed by atoms with Crippen LogP contribution >= 0.6 is 11.6 Å². The SMILES string of the molecule is N#CC1=C(N)N(c2cccc(F)c2)C2=C(C(=O)OC2)C12C(=O)N(Cc1ccccc1Cl)c1ccccc12. The van der Waals surface area contributed by atoms with Crippen molar-refractivity contribution < 1.29 is 18.7 Å². The van der Waals surface area contributed by atoms with Gasteiger partial charge in [-0.15, -0.1) is 0 Å². The molecule has 37 heavy (non-hydrogen) atoms. The Bertz CT molecular complexity index is 1630. The molecule has 0 fully saturated rings. The van der Waals surface area contributed by atoms with Crippen LogP contribution in [0.2, 0.25) is 5.02 Å². The number of amides is 1. The van der Waals surface area contributed by atoms with Crippen molar-refractivity contribution in [2.45, 2.75) is 12.0 Å². The monoisotopic (exact) mass is 512 g/mol. The zero-order valence-corrected chi connectivity index (χ0v) is 20.0. The Kier molecular flexibility index (Phi) is 5.07. The number of fused-ring (bicyclic) bond motifs is 3. The maximum absolute atomic E-state index is 14.5. The number of cyclic esters (lactones) is 1. The largest absolute Gasteiger partial charge is 0.456 e. The van der Waals surface area contributed by atoms with Crippen LogP contribution in [0.5, 0.6) is 0 Å². The van der Waals surface area contributed by atoms with E-state index >= 15 is 0 Å². The van der Waals surface area contributed by atoms with Crippen LogP contribution in [-0.4, -0.2) is 18.5 Å². The average Bonchev–Trinajstić information content (AvgIpc) is 3.38. The first kappa shape index (κ1) is 22.8. The highest BCUT2D eigenvalue weighted by molar-refractivity contribution is 6.31. The number of nitrogens with two attached hydrogens (primary N) is 1. The minimum atomic E-state index is -1.82. The van der Waals surface area contributed by atoms with E-state index < -0.39 is 23.1 Å². The number of carbonyl (C=O) groups excluding carboxylic acids is 2. The van der Waals surface area contributed by atoms with Gasteiger partial charge in [0, 0.05) is 16.3 Å². The summed E-state index contributed by atoms with van der Waals surface area (Å²) in [6.07, 6.45) is 0. The summed E-state index contributed by atoms with van der Waals surface area (Å²) < 4.78 is 19.6. The highest BCUT2D eigenvalue weighted by Gasteiger charge is 2.64. The van der Waals surface area contributed by atoms with Crippen LogP contribution in [0.4, 0.5) is 15.8 Å². The van der Waals surface area contributed by atoms with Crippen LogP contribution in [-0.2, 0) is 26.3 Å². The van der Waals surface area contributed by atoms with Crippen molar-refractivity contribution in [1.82, 2.24) is 0 Å². The first-order valence-corrected chi connectivity index (χ1v) is 11.8. The zero-order chi connectivity index (χ0) is 25.9. The fourth-order valence-corrected chi connectivity index (χ4v) is 5.65. The summed E-state index contributed by atoms with van der Waals surface area (Å²) in [5.74, 6) is -1.85. The standard InChI is InChI=1S/C28H18ClFN4O3/c29-21-10-3-1-6-16(21)14-33-22-11-4-2-9-19(22)28(27(33)36)20(13-31)25(32)34(18-8-5-7-17(30)12-18)23-15-37-26(35)24(23)28/h1-12H,14-15,32H2. The molecule has 1 atom stereocenters. The van der Waals surface area contributed by atoms with Gasteiger partial charge in [-0.1, -0.05) is 54.1 Å². The molecule has 0 aromatic heterocycles. The summed E-state index contributed by atoms with van der Waals surface area (Å²) in [5, 5.41) is 10.9. The summed E-state index contributed by atoms with van der Waals surface area (Å²) in [7, 11) is 0. The molecule has 3 aromatic rings. The highest BCUT2D eigenvalue weighted by atomic mass is 35.5. The van der Waals surface area contributed by atoms with Gasteiger partial charge in [0.2, 0.25) is 5.91 Å². The van der Waals surface area contributed by atoms with Crippen LogP contribution in [0.1, 0.15) is 11.1 Å². The third-order valence-corrected chi connectivity index (χ3v) is 7.35. The maximum Gasteiger partial charge on any atom is 0.338 e. The summed E-state index contributed by atoms with van der Waals surface area (Å²) in [6.45, 7) is -0.0764. The Morgan fingerprint density at radius 3 is 2.59 bits per heavy atom. The number of esters is 1. The van der Waals surface area contributed by atoms with Crippen LogP contribution < -0.4 is 15.5 Å². The van der Waals surface area contributed by atoms with E-state index in [-0.39, 0.29) is 35.8 Å². The number of benzene rings is 3. The van der Waals surface area contributed by atoms with E-state index in [1.165, 1.54) is 28.0 Å². The Hall–Kier alpha value is -4.61. The number of anilines is 2. The molecule has 7 nitrogen and oxygen atoms in total. The molecule has 1 amide bonds. The van der Waals surface area contributed by atoms with Gasteiger partial charge in [-0.3, -0.25) is 9.69 Å². The van der Waals surface area contributed by atoms with Gasteiger partial charge in [0.25, 0.3) is 0 Å². The zero-order valence-electron chi connectivity index (χ0n) is 19.2. The van der Waals surface area contributed by atoms with E-state index in [0.29, 0.717) is 27.5 Å². The second-order valence-corrected chi connectivity index (χ2v) is 9.24. The van der Waals surface area contributed by atoms with E-state index in [2.05, 4.69) is 6.07 Å². The van der Waals surface area contributed by atoms with Crippen molar-refractivity contribution in [2.75, 3.05) is 16.4 Å². The predicted molar refractivity (Wildman–Crippen MR) is 134 cm³/mol. The number of halogens is 2. The fourth-order valence-electron chi connectivity index (χ4n) is 5.46. The van der Waals surface area contributed by atoms with E-state index in [4.69, 9.17) is 22.1 Å². The number of nitrogens with zero attached hydrogens (tertiary/aromatic N) is 3. The van der Waals surface area contributed by atoms with Crippen LogP contribution in [0.25, 0.3) is 0 Å². The number of para-hydroxylation sites is 1. The number of rotatable bonds is 3. The third kappa shape index (κ3) is 3.04. The van der Waals surface area contributed by atoms with Crippen LogP contribution in [0.15, 0.2) is 95.5 Å². The first-order chi connectivity index (χ1) is 17.9. The number of hydrogen-bond acceptors (Lipinski definition) is 6. The molecule has 3 heterocycles. The quantitative estimate of drug-likeness (QED) is 0.526. The minimum Gasteiger partial charge on any atom is -0.456 e. The average molecular weight is 513 g/mol. The molecule has 182 valence electrons. The topological polar surface area (TPSA) is 99.7 Å². The van der Waals surface area contributed by atoms with Gasteiger partial charge in [0.15, 0.2) is 0 Å². The van der Waals surface area contributed by atoms with Gasteiger partial charge >= 0.3 is 5.97 Å². The van der Waals surface area contributed by atoms with Crippen molar-refractivity contribution in [3.63, 3.8) is 0 Å². The van der Waals surface area contributed by atoms with Crippen LogP contribution in [0.3, 0.4) is 0 Å². The second-order valence-electron chi connectivity index (χ2n) is 8.84. The molecule has 0 radical (unpaired) electrons. The Balaban J connectivity index is 1.62. The number of nitriles is 1. The molecule has 1 spiro atoms. The van der Waals surface area contributed by atoms with Gasteiger partial charge in [-0.25, -0.2) is 9.18 Å². The number of carbonyl (C=O) groups is 2. The lowest BCUT2D eigenvalue weighted by molar-refractivity contribution is -0.137. The van der Waals surface area contributed by atoms with Gasteiger partial charge in [0.05, 0.1) is 29.1 Å². The Labute approximate surface area is 216 Å². The van der Waals surface area contributed by atoms with Gasteiger partial charge in [-0.2, -0.15) is 5.26 Å². The summed E-state index contributed by atoms with van der Waals surface area (Å²) in [5.41, 5.74) is 6.89. The second kappa shape index (κ2) is 8.22. The summed E-state index contributed by atoms with van der Waals surface area (Å²) in [6, 6.07) is 21.8. The molecular weight excluding hydrogens is 495 g/mol. The Morgan fingerprint density at radius 1 is 1.08 bits per heavy atom. The predicted octanol–water partition coefficient (Wildman–Crippen LogP) is 4.29. The maximum atomic E-state index is 14.5. The van der Waals surface area contributed by atoms with E-state index in [9.17, 15) is 19.2 Å². The molecule has 0 saturated carbocycles. The van der Waals surface area contributed by atoms with Crippen LogP contribution in [0, 0.1) is 17.1 Å². The molecule has 9 heteroatoms. The van der Waals surface area contributed by atoms with Crippen molar-refractivity contribution in [1.29, 1.82) is 5.26 Å². The summed E-state index contributed by atoms with van der Waals surface area (Å²) >= 11 is 6.41. The lowest BCUT2D eigenvalue weighted by atomic mass is 9.67. The van der Waals surface area contributed by atoms with Gasteiger partial charge in [-0.05, 0) is 35.9 Å².